The third-order valence-electron chi connectivity index (χ3n) is 3.76. The molecule has 1 aliphatic heterocycles. The van der Waals surface area contributed by atoms with Crippen molar-refractivity contribution in [3.05, 3.63) is 46.4 Å². The fourth-order valence-electron chi connectivity index (χ4n) is 2.73. The molecular formula is C15H18N2OS. The van der Waals surface area contributed by atoms with E-state index in [1.807, 2.05) is 18.6 Å². The molecule has 0 saturated carbocycles. The Morgan fingerprint density at radius 1 is 1.47 bits per heavy atom. The lowest BCUT2D eigenvalue weighted by molar-refractivity contribution is 0.256. The highest BCUT2D eigenvalue weighted by molar-refractivity contribution is 7.07. The van der Waals surface area contributed by atoms with E-state index in [0.717, 1.165) is 30.9 Å². The van der Waals surface area contributed by atoms with E-state index < -0.39 is 0 Å². The van der Waals surface area contributed by atoms with Crippen LogP contribution in [0.3, 0.4) is 0 Å². The van der Waals surface area contributed by atoms with E-state index in [4.69, 9.17) is 4.74 Å². The minimum atomic E-state index is 0.322. The van der Waals surface area contributed by atoms with Crippen LogP contribution in [-0.2, 0) is 0 Å². The van der Waals surface area contributed by atoms with Gasteiger partial charge in [-0.1, -0.05) is 18.2 Å². The monoisotopic (exact) mass is 274 g/mol. The molecular weight excluding hydrogens is 256 g/mol. The molecule has 1 aliphatic rings. The van der Waals surface area contributed by atoms with E-state index >= 15 is 0 Å². The topological polar surface area (TPSA) is 34.1 Å². The fraction of sp³-hybridized carbons (Fsp3) is 0.400. The van der Waals surface area contributed by atoms with Gasteiger partial charge in [-0.2, -0.15) is 0 Å². The lowest BCUT2D eigenvalue weighted by Gasteiger charge is -2.28. The quantitative estimate of drug-likeness (QED) is 0.928. The van der Waals surface area contributed by atoms with Gasteiger partial charge >= 0.3 is 0 Å². The molecule has 4 heteroatoms. The standard InChI is InChI=1S/C15H18N2OS/c1-16-13(14-9-19-10-17-14)8-11-6-7-18-15-5-3-2-4-12(11)15/h2-5,9-11,13,16H,6-8H2,1H3. The summed E-state index contributed by atoms with van der Waals surface area (Å²) in [4.78, 5) is 4.43. The predicted molar refractivity (Wildman–Crippen MR) is 77.8 cm³/mol. The minimum Gasteiger partial charge on any atom is -0.493 e. The summed E-state index contributed by atoms with van der Waals surface area (Å²) >= 11 is 1.66. The summed E-state index contributed by atoms with van der Waals surface area (Å²) in [5, 5.41) is 5.52. The number of hydrogen-bond acceptors (Lipinski definition) is 4. The van der Waals surface area contributed by atoms with E-state index in [0.29, 0.717) is 12.0 Å². The minimum absolute atomic E-state index is 0.322. The van der Waals surface area contributed by atoms with Gasteiger partial charge in [0.25, 0.3) is 0 Å². The first-order chi connectivity index (χ1) is 9.38. The molecule has 0 bridgehead atoms. The molecule has 1 aromatic heterocycles. The van der Waals surface area contributed by atoms with Crippen LogP contribution in [0.4, 0.5) is 0 Å². The number of hydrogen-bond donors (Lipinski definition) is 1. The van der Waals surface area contributed by atoms with Crippen molar-refractivity contribution in [1.29, 1.82) is 0 Å². The van der Waals surface area contributed by atoms with Crippen LogP contribution in [0.2, 0.25) is 0 Å². The van der Waals surface area contributed by atoms with Gasteiger partial charge in [-0.05, 0) is 37.4 Å². The molecule has 0 amide bonds. The van der Waals surface area contributed by atoms with Gasteiger partial charge in [-0.25, -0.2) is 4.98 Å². The molecule has 2 atom stereocenters. The van der Waals surface area contributed by atoms with Crippen LogP contribution >= 0.6 is 11.3 Å². The second-order valence-corrected chi connectivity index (χ2v) is 5.58. The average molecular weight is 274 g/mol. The molecule has 0 spiro atoms. The zero-order valence-electron chi connectivity index (χ0n) is 11.0. The molecule has 3 rings (SSSR count). The van der Waals surface area contributed by atoms with Crippen molar-refractivity contribution in [3.63, 3.8) is 0 Å². The summed E-state index contributed by atoms with van der Waals surface area (Å²) in [5.74, 6) is 1.59. The molecule has 0 saturated heterocycles. The lowest BCUT2D eigenvalue weighted by Crippen LogP contribution is -2.22. The van der Waals surface area contributed by atoms with Gasteiger partial charge in [0.1, 0.15) is 5.75 Å². The van der Waals surface area contributed by atoms with E-state index in [9.17, 15) is 0 Å². The van der Waals surface area contributed by atoms with Gasteiger partial charge in [0, 0.05) is 5.38 Å². The van der Waals surface area contributed by atoms with Crippen LogP contribution < -0.4 is 10.1 Å². The van der Waals surface area contributed by atoms with Crippen molar-refractivity contribution in [1.82, 2.24) is 10.3 Å². The Kier molecular flexibility index (Phi) is 3.80. The van der Waals surface area contributed by atoms with Crippen molar-refractivity contribution in [2.75, 3.05) is 13.7 Å². The number of thiazole rings is 1. The molecule has 0 fully saturated rings. The third kappa shape index (κ3) is 2.65. The molecule has 1 aromatic carbocycles. The average Bonchev–Trinajstić information content (AvgIpc) is 2.99. The Morgan fingerprint density at radius 2 is 2.37 bits per heavy atom. The number of benzene rings is 1. The maximum absolute atomic E-state index is 5.73. The summed E-state index contributed by atoms with van der Waals surface area (Å²) in [5.41, 5.74) is 4.39. The smallest absolute Gasteiger partial charge is 0.122 e. The summed E-state index contributed by atoms with van der Waals surface area (Å²) in [6.07, 6.45) is 2.15. The van der Waals surface area contributed by atoms with Crippen LogP contribution in [0, 0.1) is 0 Å². The maximum atomic E-state index is 5.73. The number of rotatable bonds is 4. The van der Waals surface area contributed by atoms with Crippen LogP contribution in [0.25, 0.3) is 0 Å². The molecule has 3 nitrogen and oxygen atoms in total. The van der Waals surface area contributed by atoms with Crippen molar-refractivity contribution in [3.8, 4) is 5.75 Å². The zero-order chi connectivity index (χ0) is 13.1. The molecule has 19 heavy (non-hydrogen) atoms. The van der Waals surface area contributed by atoms with E-state index in [-0.39, 0.29) is 0 Å². The van der Waals surface area contributed by atoms with Crippen molar-refractivity contribution in [2.24, 2.45) is 0 Å². The van der Waals surface area contributed by atoms with Gasteiger partial charge in [0.15, 0.2) is 0 Å². The first kappa shape index (κ1) is 12.6. The Bertz CT molecular complexity index is 527. The summed E-state index contributed by atoms with van der Waals surface area (Å²) < 4.78 is 5.73. The molecule has 0 radical (unpaired) electrons. The van der Waals surface area contributed by atoms with E-state index in [1.165, 1.54) is 5.56 Å². The predicted octanol–water partition coefficient (Wildman–Crippen LogP) is 3.36. The zero-order valence-corrected chi connectivity index (χ0v) is 11.8. The molecule has 0 aliphatic carbocycles. The van der Waals surface area contributed by atoms with Gasteiger partial charge in [-0.3, -0.25) is 0 Å². The summed E-state index contributed by atoms with van der Waals surface area (Å²) in [6, 6.07) is 8.71. The van der Waals surface area contributed by atoms with Crippen LogP contribution in [0.15, 0.2) is 35.2 Å². The van der Waals surface area contributed by atoms with Crippen LogP contribution in [-0.4, -0.2) is 18.6 Å². The van der Waals surface area contributed by atoms with E-state index in [2.05, 4.69) is 33.9 Å². The number of fused-ring (bicyclic) bond motifs is 1. The Hall–Kier alpha value is -1.39. The first-order valence-corrected chi connectivity index (χ1v) is 7.60. The molecule has 1 N–H and O–H groups in total. The fourth-order valence-corrected chi connectivity index (χ4v) is 3.33. The van der Waals surface area contributed by atoms with Crippen molar-refractivity contribution < 1.29 is 4.74 Å². The molecule has 2 heterocycles. The summed E-state index contributed by atoms with van der Waals surface area (Å²) in [7, 11) is 2.01. The van der Waals surface area contributed by atoms with Crippen molar-refractivity contribution >= 4 is 11.3 Å². The number of ether oxygens (including phenoxy) is 1. The van der Waals surface area contributed by atoms with Gasteiger partial charge in [-0.15, -0.1) is 11.3 Å². The summed E-state index contributed by atoms with van der Waals surface area (Å²) in [6.45, 7) is 0.815. The van der Waals surface area contributed by atoms with Gasteiger partial charge in [0.05, 0.1) is 23.9 Å². The molecule has 2 aromatic rings. The number of aromatic nitrogens is 1. The van der Waals surface area contributed by atoms with Crippen LogP contribution in [0.1, 0.15) is 36.1 Å². The van der Waals surface area contributed by atoms with Gasteiger partial charge in [0.2, 0.25) is 0 Å². The Labute approximate surface area is 117 Å². The highest BCUT2D eigenvalue weighted by atomic mass is 32.1. The number of nitrogens with zero attached hydrogens (tertiary/aromatic N) is 1. The Morgan fingerprint density at radius 3 is 3.16 bits per heavy atom. The van der Waals surface area contributed by atoms with Crippen LogP contribution in [0.5, 0.6) is 5.75 Å². The Balaban J connectivity index is 1.80. The largest absolute Gasteiger partial charge is 0.493 e. The second-order valence-electron chi connectivity index (χ2n) is 4.86. The lowest BCUT2D eigenvalue weighted by atomic mass is 9.87. The van der Waals surface area contributed by atoms with E-state index in [1.54, 1.807) is 11.3 Å². The van der Waals surface area contributed by atoms with Crippen molar-refractivity contribution in [2.45, 2.75) is 24.8 Å². The molecule has 2 unspecified atom stereocenters. The maximum Gasteiger partial charge on any atom is 0.122 e. The third-order valence-corrected chi connectivity index (χ3v) is 4.36. The number of para-hydroxylation sites is 1. The molecule has 100 valence electrons. The SMILES string of the molecule is CNC(CC1CCOc2ccccc21)c1cscn1. The first-order valence-electron chi connectivity index (χ1n) is 6.65. The second kappa shape index (κ2) is 5.72. The number of nitrogens with one attached hydrogen (secondary N) is 1. The highest BCUT2D eigenvalue weighted by Crippen LogP contribution is 2.38. The highest BCUT2D eigenvalue weighted by Gasteiger charge is 2.25. The van der Waals surface area contributed by atoms with Gasteiger partial charge < -0.3 is 10.1 Å². The normalized spacial score (nSPS) is 19.5.